The van der Waals surface area contributed by atoms with Crippen LogP contribution in [0.5, 0.6) is 0 Å². The highest BCUT2D eigenvalue weighted by Gasteiger charge is 2.14. The summed E-state index contributed by atoms with van der Waals surface area (Å²) in [6, 6.07) is -0.127. The number of rotatable bonds is 7. The Morgan fingerprint density at radius 3 is 2.44 bits per heavy atom. The molecule has 6 heteroatoms. The predicted octanol–water partition coefficient (Wildman–Crippen LogP) is 0.00690. The summed E-state index contributed by atoms with van der Waals surface area (Å²) >= 11 is 0. The minimum absolute atomic E-state index is 0.00173. The van der Waals surface area contributed by atoms with Gasteiger partial charge in [-0.15, -0.1) is 0 Å². The maximum Gasteiger partial charge on any atom is 0.223 e. The molecule has 16 heavy (non-hydrogen) atoms. The molecule has 0 aromatic carbocycles. The van der Waals surface area contributed by atoms with E-state index in [1.165, 1.54) is 4.90 Å². The molecule has 0 saturated carbocycles. The molecule has 0 aromatic rings. The van der Waals surface area contributed by atoms with Crippen LogP contribution in [0.25, 0.3) is 0 Å². The molecule has 0 aliphatic heterocycles. The molecule has 1 unspecified atom stereocenters. The van der Waals surface area contributed by atoms with E-state index in [9.17, 15) is 13.2 Å². The van der Waals surface area contributed by atoms with Crippen LogP contribution in [0.15, 0.2) is 0 Å². The van der Waals surface area contributed by atoms with E-state index in [2.05, 4.69) is 0 Å². The molecule has 0 radical (unpaired) electrons. The van der Waals surface area contributed by atoms with Gasteiger partial charge >= 0.3 is 0 Å². The zero-order chi connectivity index (χ0) is 12.8. The monoisotopic (exact) mass is 250 g/mol. The van der Waals surface area contributed by atoms with Gasteiger partial charge in [0.25, 0.3) is 0 Å². The zero-order valence-corrected chi connectivity index (χ0v) is 11.1. The van der Waals surface area contributed by atoms with E-state index >= 15 is 0 Å². The minimum Gasteiger partial charge on any atom is -0.345 e. The van der Waals surface area contributed by atoms with Gasteiger partial charge in [0.2, 0.25) is 5.91 Å². The second kappa shape index (κ2) is 6.85. The molecule has 0 saturated heterocycles. The normalized spacial score (nSPS) is 13.5. The van der Waals surface area contributed by atoms with Crippen molar-refractivity contribution in [3.05, 3.63) is 0 Å². The Kier molecular flexibility index (Phi) is 6.59. The van der Waals surface area contributed by atoms with Crippen molar-refractivity contribution >= 4 is 15.7 Å². The van der Waals surface area contributed by atoms with Gasteiger partial charge in [0.15, 0.2) is 0 Å². The van der Waals surface area contributed by atoms with Crippen LogP contribution < -0.4 is 5.73 Å². The molecular formula is C10H22N2O3S. The van der Waals surface area contributed by atoms with Crippen LogP contribution in [0.2, 0.25) is 0 Å². The lowest BCUT2D eigenvalue weighted by molar-refractivity contribution is -0.130. The highest BCUT2D eigenvalue weighted by atomic mass is 32.2. The number of hydrogen-bond acceptors (Lipinski definition) is 4. The Hall–Kier alpha value is -0.620. The van der Waals surface area contributed by atoms with Crippen molar-refractivity contribution in [1.82, 2.24) is 4.90 Å². The fraction of sp³-hybridized carbons (Fsp3) is 0.900. The van der Waals surface area contributed by atoms with E-state index in [0.29, 0.717) is 0 Å². The summed E-state index contributed by atoms with van der Waals surface area (Å²) in [6.07, 6.45) is 3.20. The topological polar surface area (TPSA) is 80.5 Å². The summed E-state index contributed by atoms with van der Waals surface area (Å²) in [7, 11) is -1.41. The van der Waals surface area contributed by atoms with Gasteiger partial charge in [-0.25, -0.2) is 8.42 Å². The van der Waals surface area contributed by atoms with E-state index in [1.807, 2.05) is 6.92 Å². The van der Waals surface area contributed by atoms with Crippen LogP contribution in [0.4, 0.5) is 0 Å². The van der Waals surface area contributed by atoms with Crippen LogP contribution in [0.1, 0.15) is 26.2 Å². The SMILES string of the molecule is CCCC(N)CC(=O)N(C)CCS(C)(=O)=O. The van der Waals surface area contributed by atoms with Gasteiger partial charge in [-0.1, -0.05) is 13.3 Å². The molecule has 0 aliphatic carbocycles. The third kappa shape index (κ3) is 7.64. The van der Waals surface area contributed by atoms with Gasteiger partial charge < -0.3 is 10.6 Å². The predicted molar refractivity (Wildman–Crippen MR) is 64.8 cm³/mol. The zero-order valence-electron chi connectivity index (χ0n) is 10.3. The minimum atomic E-state index is -3.02. The van der Waals surface area contributed by atoms with Crippen LogP contribution in [0.3, 0.4) is 0 Å². The average Bonchev–Trinajstić information content (AvgIpc) is 2.13. The lowest BCUT2D eigenvalue weighted by atomic mass is 10.1. The van der Waals surface area contributed by atoms with Gasteiger partial charge in [0, 0.05) is 32.3 Å². The van der Waals surface area contributed by atoms with E-state index in [1.54, 1.807) is 7.05 Å². The standard InChI is InChI=1S/C10H22N2O3S/c1-4-5-9(11)8-10(13)12(2)6-7-16(3,14)15/h9H,4-8,11H2,1-3H3. The molecule has 0 aromatic heterocycles. The van der Waals surface area contributed by atoms with E-state index in [-0.39, 0.29) is 30.7 Å². The number of sulfone groups is 1. The van der Waals surface area contributed by atoms with Gasteiger partial charge in [0.05, 0.1) is 5.75 Å². The van der Waals surface area contributed by atoms with Crippen molar-refractivity contribution in [2.75, 3.05) is 25.6 Å². The number of amides is 1. The number of hydrogen-bond donors (Lipinski definition) is 1. The third-order valence-corrected chi connectivity index (χ3v) is 3.24. The molecule has 0 spiro atoms. The van der Waals surface area contributed by atoms with Crippen molar-refractivity contribution < 1.29 is 13.2 Å². The summed E-state index contributed by atoms with van der Waals surface area (Å²) in [5.41, 5.74) is 5.74. The van der Waals surface area contributed by atoms with Crippen molar-refractivity contribution in [2.24, 2.45) is 5.73 Å². The van der Waals surface area contributed by atoms with Crippen LogP contribution in [0, 0.1) is 0 Å². The fourth-order valence-electron chi connectivity index (χ4n) is 1.28. The quantitative estimate of drug-likeness (QED) is 0.690. The fourth-order valence-corrected chi connectivity index (χ4v) is 1.89. The molecule has 2 N–H and O–H groups in total. The van der Waals surface area contributed by atoms with Crippen molar-refractivity contribution in [3.63, 3.8) is 0 Å². The molecular weight excluding hydrogens is 228 g/mol. The van der Waals surface area contributed by atoms with Gasteiger partial charge in [-0.05, 0) is 6.42 Å². The first-order valence-electron chi connectivity index (χ1n) is 5.43. The van der Waals surface area contributed by atoms with Crippen molar-refractivity contribution in [2.45, 2.75) is 32.2 Å². The Morgan fingerprint density at radius 1 is 1.44 bits per heavy atom. The van der Waals surface area contributed by atoms with Gasteiger partial charge in [-0.3, -0.25) is 4.79 Å². The molecule has 0 fully saturated rings. The van der Waals surface area contributed by atoms with Gasteiger partial charge in [0.1, 0.15) is 9.84 Å². The molecule has 0 bridgehead atoms. The van der Waals surface area contributed by atoms with Gasteiger partial charge in [-0.2, -0.15) is 0 Å². The Bertz CT molecular complexity index is 314. The largest absolute Gasteiger partial charge is 0.345 e. The van der Waals surface area contributed by atoms with Crippen molar-refractivity contribution in [3.8, 4) is 0 Å². The highest BCUT2D eigenvalue weighted by molar-refractivity contribution is 7.90. The second-order valence-corrected chi connectivity index (χ2v) is 6.46. The number of carbonyl (C=O) groups excluding carboxylic acids is 1. The number of nitrogens with two attached hydrogens (primary N) is 1. The summed E-state index contributed by atoms with van der Waals surface area (Å²) in [5.74, 6) is -0.0947. The van der Waals surface area contributed by atoms with E-state index in [4.69, 9.17) is 5.73 Å². The highest BCUT2D eigenvalue weighted by Crippen LogP contribution is 2.01. The number of nitrogens with zero attached hydrogens (tertiary/aromatic N) is 1. The molecule has 96 valence electrons. The first-order chi connectivity index (χ1) is 7.26. The van der Waals surface area contributed by atoms with Crippen LogP contribution in [-0.2, 0) is 14.6 Å². The van der Waals surface area contributed by atoms with Crippen LogP contribution >= 0.6 is 0 Å². The molecule has 1 amide bonds. The summed E-state index contributed by atoms with van der Waals surface area (Å²) in [5, 5.41) is 0. The molecule has 0 aliphatic rings. The van der Waals surface area contributed by atoms with E-state index < -0.39 is 9.84 Å². The molecule has 0 rings (SSSR count). The Morgan fingerprint density at radius 2 is 2.00 bits per heavy atom. The first-order valence-corrected chi connectivity index (χ1v) is 7.49. The van der Waals surface area contributed by atoms with Crippen LogP contribution in [-0.4, -0.2) is 50.9 Å². The molecule has 0 heterocycles. The molecule has 1 atom stereocenters. The average molecular weight is 250 g/mol. The smallest absolute Gasteiger partial charge is 0.223 e. The summed E-state index contributed by atoms with van der Waals surface area (Å²) in [4.78, 5) is 13.0. The summed E-state index contributed by atoms with van der Waals surface area (Å²) in [6.45, 7) is 2.24. The maximum absolute atomic E-state index is 11.6. The van der Waals surface area contributed by atoms with E-state index in [0.717, 1.165) is 19.1 Å². The summed E-state index contributed by atoms with van der Waals surface area (Å²) < 4.78 is 21.8. The second-order valence-electron chi connectivity index (χ2n) is 4.20. The number of carbonyl (C=O) groups is 1. The Labute approximate surface area is 97.9 Å². The Balaban J connectivity index is 4.00. The van der Waals surface area contributed by atoms with Crippen molar-refractivity contribution in [1.29, 1.82) is 0 Å². The third-order valence-electron chi connectivity index (χ3n) is 2.32. The maximum atomic E-state index is 11.6. The molecule has 5 nitrogen and oxygen atoms in total. The lowest BCUT2D eigenvalue weighted by Crippen LogP contribution is -2.35. The lowest BCUT2D eigenvalue weighted by Gasteiger charge is -2.18. The first kappa shape index (κ1) is 15.4.